The van der Waals surface area contributed by atoms with Crippen LogP contribution in [-0.4, -0.2) is 266 Å². The Morgan fingerprint density at radius 1 is 0.394 bits per heavy atom. The van der Waals surface area contributed by atoms with E-state index in [1.807, 2.05) is 79.8 Å². The van der Waals surface area contributed by atoms with Crippen LogP contribution in [-0.2, 0) is 242 Å². The normalized spacial score (nSPS) is 9.47. The van der Waals surface area contributed by atoms with Crippen LogP contribution in [0.25, 0.3) is 0 Å². The zero-order valence-electron chi connectivity index (χ0n) is 78.9. The van der Waals surface area contributed by atoms with Crippen molar-refractivity contribution in [3.8, 4) is 0 Å². The summed E-state index contributed by atoms with van der Waals surface area (Å²) in [6.07, 6.45) is 13.0. The molecule has 0 fully saturated rings. The summed E-state index contributed by atoms with van der Waals surface area (Å²) >= 11 is 51.0. The molecule has 99 heavy (non-hydrogen) atoms. The van der Waals surface area contributed by atoms with Crippen LogP contribution in [0.2, 0.25) is 0 Å². The fraction of sp³-hybridized carbons (Fsp3) is 0.926. The van der Waals surface area contributed by atoms with Crippen LogP contribution in [0.15, 0.2) is 0 Å². The van der Waals surface area contributed by atoms with Crippen molar-refractivity contribution in [3.63, 3.8) is 0 Å². The Morgan fingerprint density at radius 3 is 0.515 bits per heavy atom. The largest absolute Gasteiger partial charge is 1.00 e. The van der Waals surface area contributed by atoms with Crippen molar-refractivity contribution in [1.29, 1.82) is 2.04 Å². The van der Waals surface area contributed by atoms with Crippen molar-refractivity contribution >= 4 is 209 Å². The van der Waals surface area contributed by atoms with E-state index in [9.17, 15) is 0 Å². The van der Waals surface area contributed by atoms with E-state index in [1.165, 1.54) is 122 Å². The Hall–Kier alpha value is 9.91. The fourth-order valence-corrected chi connectivity index (χ4v) is 19.9. The molecule has 0 aliphatic rings. The number of nitrogens with zero attached hydrogens (tertiary/aromatic N) is 5. The van der Waals surface area contributed by atoms with Crippen molar-refractivity contribution in [2.45, 2.75) is 237 Å². The quantitative estimate of drug-likeness (QED) is 0.0528. The van der Waals surface area contributed by atoms with Crippen LogP contribution in [0.3, 0.4) is 0 Å². The summed E-state index contributed by atoms with van der Waals surface area (Å²) in [6, 6.07) is 0. The Bertz CT molecular complexity index is 1310. The minimum absolute atomic E-state index is 0. The van der Waals surface area contributed by atoms with Gasteiger partial charge in [0.15, 0.2) is 0 Å². The second-order valence-electron chi connectivity index (χ2n) is 23.6. The predicted octanol–water partition coefficient (Wildman–Crippen LogP) is 22.9. The molecule has 0 saturated heterocycles. The van der Waals surface area contributed by atoms with Gasteiger partial charge in [-0.25, -0.2) is 0 Å². The van der Waals surface area contributed by atoms with Crippen molar-refractivity contribution in [3.05, 3.63) is 0 Å². The maximum Gasteiger partial charge on any atom is 1.00 e. The van der Waals surface area contributed by atoms with Crippen molar-refractivity contribution in [2.75, 3.05) is 184 Å². The molecule has 656 valence electrons. The molecule has 0 radical (unpaired) electrons. The Labute approximate surface area is 831 Å². The second kappa shape index (κ2) is 137. The van der Waals surface area contributed by atoms with Gasteiger partial charge in [0.05, 0.1) is 53.9 Å². The van der Waals surface area contributed by atoms with E-state index >= 15 is 0 Å². The SMILES string of the molecule is C.CC(C)P(C(C)C)C(C)C.CC(C)[PH+](C(C)C)C(C)C.CCN(CC)C(=S)[S-].CCN(CC)C(=S)[S-].CCP(CC)CC.CC[PH+](CC)CC.CC[PH+](CC)CC.CN(C)C(=S)[S-].CN(C)C(=S)[S-].CN(C)C(=S)[S-].CP(C)C.C[PH+](C)C.C[PH+](C)C.[2H]C[3H].[2H]C[3H].[2H]C[3H].[2H][Au].[2H][Au].[2H][Au].[Au+].[Au+].[Au+].[Au+].[Au+]. The molecule has 0 heterocycles. The Morgan fingerprint density at radius 2 is 0.515 bits per heavy atom. The zero-order valence-corrected chi connectivity index (χ0v) is 103. The second-order valence-corrected chi connectivity index (χ2v) is 56.4. The molecule has 0 N–H and O–H groups in total. The maximum absolute atomic E-state index is 5.88. The first kappa shape index (κ1) is 147. The number of rotatable bonds is 19. The Kier molecular flexibility index (Phi) is 203. The summed E-state index contributed by atoms with van der Waals surface area (Å²) in [4.78, 5) is 9.06. The van der Waals surface area contributed by atoms with Crippen LogP contribution in [0, 0.1) is 0 Å². The average Bonchev–Trinajstić information content (AvgIpc) is 0.922. The molecule has 0 aliphatic heterocycles. The van der Waals surface area contributed by atoms with Crippen molar-refractivity contribution < 1.29 is 187 Å². The summed E-state index contributed by atoms with van der Waals surface area (Å²) in [7, 11) is 11.7. The van der Waals surface area contributed by atoms with Crippen LogP contribution in [0.1, 0.15) is 211 Å². The molecular formula is C68H176Au8N5P8S10+5. The van der Waals surface area contributed by atoms with Gasteiger partial charge in [-0.15, -0.1) is 15.8 Å². The van der Waals surface area contributed by atoms with Gasteiger partial charge < -0.3 is 149 Å². The van der Waals surface area contributed by atoms with Gasteiger partial charge in [0.2, 0.25) is 0 Å². The van der Waals surface area contributed by atoms with E-state index in [1.54, 1.807) is 14.7 Å². The number of hydrogen-bond acceptors (Lipinski definition) is 10. The molecule has 0 aliphatic carbocycles. The monoisotopic (exact) mass is 3220 g/mol. The molecule has 0 atom stereocenters. The topological polar surface area (TPSA) is 16.2 Å². The van der Waals surface area contributed by atoms with Crippen LogP contribution >= 0.6 is 124 Å². The summed E-state index contributed by atoms with van der Waals surface area (Å²) < 4.78 is 55.0. The van der Waals surface area contributed by atoms with Gasteiger partial charge in [0.1, 0.15) is 0 Å². The van der Waals surface area contributed by atoms with Gasteiger partial charge in [-0.1, -0.05) is 121 Å². The first-order valence-electron chi connectivity index (χ1n) is 37.4. The Balaban J connectivity index is -0.0000000296. The molecular weight excluding hydrogens is 3030 g/mol. The molecule has 0 amide bonds. The first-order chi connectivity index (χ1) is 46.8. The smallest absolute Gasteiger partial charge is 1.00 e. The van der Waals surface area contributed by atoms with E-state index in [-0.39, 0.29) is 189 Å². The van der Waals surface area contributed by atoms with Crippen LogP contribution in [0.5, 0.6) is 0 Å². The molecule has 0 aromatic rings. The van der Waals surface area contributed by atoms with Gasteiger partial charge >= 0.3 is 181 Å². The predicted molar refractivity (Wildman–Crippen MR) is 519 cm³/mol. The van der Waals surface area contributed by atoms with Crippen LogP contribution < -0.4 is 0 Å². The van der Waals surface area contributed by atoms with Gasteiger partial charge in [-0.3, -0.25) is 0 Å². The van der Waals surface area contributed by atoms with E-state index in [0.717, 1.165) is 60.1 Å². The summed E-state index contributed by atoms with van der Waals surface area (Å²) in [5, 5.41) is 0. The molecule has 0 unspecified atom stereocenters. The van der Waals surface area contributed by atoms with Gasteiger partial charge in [0, 0.05) is 125 Å². The summed E-state index contributed by atoms with van der Waals surface area (Å²) in [5.74, 6) is 0. The maximum atomic E-state index is 5.88. The van der Waals surface area contributed by atoms with E-state index in [0.29, 0.717) is 37.4 Å². The zero-order chi connectivity index (χ0) is 87.2. The number of hydrogen-bond donors (Lipinski definition) is 0. The third-order valence-electron chi connectivity index (χ3n) is 11.3. The van der Waals surface area contributed by atoms with Gasteiger partial charge in [-0.2, -0.15) is 0 Å². The van der Waals surface area contributed by atoms with E-state index < -0.39 is 0 Å². The number of thiocarbonyl (C=S) groups is 5. The molecule has 0 bridgehead atoms. The molecule has 0 aromatic heterocycles. The minimum Gasteiger partial charge on any atom is 1.00 e. The summed E-state index contributed by atoms with van der Waals surface area (Å²) in [6.45, 7) is 81.2. The third-order valence-corrected chi connectivity index (χ3v) is 30.8. The van der Waals surface area contributed by atoms with Crippen molar-refractivity contribution in [1.82, 2.24) is 24.5 Å². The minimum atomic E-state index is -0.250. The molecule has 31 heteroatoms. The molecule has 0 saturated carbocycles. The summed E-state index contributed by atoms with van der Waals surface area (Å²) in [5.41, 5.74) is 5.50. The molecule has 0 aromatic carbocycles. The van der Waals surface area contributed by atoms with Gasteiger partial charge in [0.25, 0.3) is 0 Å². The van der Waals surface area contributed by atoms with Crippen LogP contribution in [0.4, 0.5) is 0 Å². The first-order valence-corrected chi connectivity index (χ1v) is 54.5. The molecule has 0 rings (SSSR count). The van der Waals surface area contributed by atoms with E-state index in [2.05, 4.69) is 280 Å². The standard InChI is InChI=1S/2C9H21P.3C6H15P.2C5H11NS2.3C3H7NS2.3C3H9P.4CH4.8Au.3H/c2*1-7(2)10(8(3)4)9(5)6;3*1-4-7(5-2)6-3;2*1-3-6(4-2)5(7)8;3*1-4(2)3(5)6;3*1-4(2)3;;;;;;;;;;;;;;;/h2*7-9H,1-6H3;3*4-6H2,1-3H3;2*3-4H2,1-2H3,(H,7,8);3*1-2H3,(H,5,6);3*1-3H3;4*1H4;;;;;;;;;;;/q;;;;;;;;;;;;;;;;;;;;5*+1;;;/i;;;;;;;;;;;;;3*1TD;;;;;;;;;;3*1+1. The molecule has 5 nitrogen and oxygen atoms in total. The van der Waals surface area contributed by atoms with Gasteiger partial charge in [-0.05, 0) is 198 Å². The average molecular weight is 3220 g/mol. The van der Waals surface area contributed by atoms with E-state index in [4.69, 9.17) is 60.0 Å². The molecule has 0 spiro atoms. The fourth-order valence-electron chi connectivity index (χ4n) is 6.92. The third kappa shape index (κ3) is 190. The van der Waals surface area contributed by atoms with Crippen molar-refractivity contribution in [2.24, 2.45) is 0 Å².